The number of hydrogen-bond donors (Lipinski definition) is 2. The number of aromatic nitrogens is 1. The molecule has 100 valence electrons. The molecule has 8 heteroatoms. The Kier molecular flexibility index (Phi) is 3.72. The molecule has 2 rings (SSSR count). The fourth-order valence-corrected chi connectivity index (χ4v) is 3.07. The first-order valence-corrected chi connectivity index (χ1v) is 7.36. The highest BCUT2D eigenvalue weighted by molar-refractivity contribution is 9.10. The first-order chi connectivity index (χ1) is 8.90. The fourth-order valence-electron chi connectivity index (χ4n) is 1.38. The van der Waals surface area contributed by atoms with Crippen LogP contribution in [0.5, 0.6) is 0 Å². The van der Waals surface area contributed by atoms with Gasteiger partial charge in [-0.25, -0.2) is 17.8 Å². The number of para-hydroxylation sites is 1. The minimum atomic E-state index is -3.92. The molecule has 1 heterocycles. The number of benzene rings is 1. The molecule has 0 aliphatic rings. The molecule has 0 atom stereocenters. The lowest BCUT2D eigenvalue weighted by atomic mass is 10.3. The summed E-state index contributed by atoms with van der Waals surface area (Å²) in [5.74, 6) is -0.615. The van der Waals surface area contributed by atoms with Crippen LogP contribution in [0, 0.1) is 5.82 Å². The van der Waals surface area contributed by atoms with Crippen molar-refractivity contribution >= 4 is 37.5 Å². The predicted molar refractivity (Wildman–Crippen MR) is 73.6 cm³/mol. The Morgan fingerprint density at radius 1 is 1.32 bits per heavy atom. The van der Waals surface area contributed by atoms with Gasteiger partial charge in [0.25, 0.3) is 10.0 Å². The van der Waals surface area contributed by atoms with Crippen LogP contribution in [-0.2, 0) is 10.0 Å². The maximum atomic E-state index is 13.6. The summed E-state index contributed by atoms with van der Waals surface area (Å²) < 4.78 is 40.2. The Morgan fingerprint density at radius 3 is 2.68 bits per heavy atom. The zero-order valence-electron chi connectivity index (χ0n) is 9.47. The van der Waals surface area contributed by atoms with Gasteiger partial charge in [-0.1, -0.05) is 6.07 Å². The van der Waals surface area contributed by atoms with Gasteiger partial charge in [0.1, 0.15) is 11.6 Å². The summed E-state index contributed by atoms with van der Waals surface area (Å²) in [6, 6.07) is 6.61. The number of halogens is 2. The van der Waals surface area contributed by atoms with Crippen LogP contribution in [0.2, 0.25) is 0 Å². The Balaban J connectivity index is 2.42. The molecule has 2 aromatic rings. The van der Waals surface area contributed by atoms with Crippen LogP contribution in [0.25, 0.3) is 0 Å². The van der Waals surface area contributed by atoms with Gasteiger partial charge in [-0.2, -0.15) is 0 Å². The molecule has 3 N–H and O–H groups in total. The van der Waals surface area contributed by atoms with E-state index in [1.54, 1.807) is 0 Å². The summed E-state index contributed by atoms with van der Waals surface area (Å²) in [6.07, 6.45) is 1.26. The normalized spacial score (nSPS) is 11.3. The number of sulfonamides is 1. The first-order valence-electron chi connectivity index (χ1n) is 5.08. The summed E-state index contributed by atoms with van der Waals surface area (Å²) in [7, 11) is -3.92. The van der Waals surface area contributed by atoms with Crippen LogP contribution in [0.1, 0.15) is 0 Å². The number of nitrogens with one attached hydrogen (secondary N) is 1. The van der Waals surface area contributed by atoms with Crippen LogP contribution < -0.4 is 10.5 Å². The van der Waals surface area contributed by atoms with Gasteiger partial charge in [-0.05, 0) is 34.1 Å². The SMILES string of the molecule is Nc1cc(S(=O)(=O)Nc2c(F)cccc2Br)ccn1. The molecule has 1 aromatic heterocycles. The minimum Gasteiger partial charge on any atom is -0.384 e. The molecule has 19 heavy (non-hydrogen) atoms. The Labute approximate surface area is 117 Å². The zero-order chi connectivity index (χ0) is 14.0. The molecular formula is C11H9BrFN3O2S. The largest absolute Gasteiger partial charge is 0.384 e. The van der Waals surface area contributed by atoms with E-state index < -0.39 is 15.8 Å². The number of nitrogens with two attached hydrogens (primary N) is 1. The average Bonchev–Trinajstić information content (AvgIpc) is 2.34. The van der Waals surface area contributed by atoms with Crippen LogP contribution in [-0.4, -0.2) is 13.4 Å². The molecule has 0 spiro atoms. The molecule has 0 bridgehead atoms. The van der Waals surface area contributed by atoms with Crippen LogP contribution in [0.4, 0.5) is 15.9 Å². The van der Waals surface area contributed by atoms with Gasteiger partial charge in [-0.15, -0.1) is 0 Å². The fraction of sp³-hybridized carbons (Fsp3) is 0. The van der Waals surface area contributed by atoms with Crippen molar-refractivity contribution in [2.24, 2.45) is 0 Å². The third-order valence-electron chi connectivity index (χ3n) is 2.26. The van der Waals surface area contributed by atoms with E-state index in [0.29, 0.717) is 4.47 Å². The first kappa shape index (κ1) is 13.8. The van der Waals surface area contributed by atoms with E-state index in [1.165, 1.54) is 30.5 Å². The summed E-state index contributed by atoms with van der Waals surface area (Å²) in [5, 5.41) is 0. The van der Waals surface area contributed by atoms with Crippen molar-refractivity contribution < 1.29 is 12.8 Å². The van der Waals surface area contributed by atoms with Gasteiger partial charge in [0.2, 0.25) is 0 Å². The Bertz CT molecular complexity index is 701. The van der Waals surface area contributed by atoms with Gasteiger partial charge >= 0.3 is 0 Å². The maximum absolute atomic E-state index is 13.6. The molecule has 0 unspecified atom stereocenters. The molecule has 0 radical (unpaired) electrons. The van der Waals surface area contributed by atoms with Crippen molar-refractivity contribution in [1.29, 1.82) is 0 Å². The molecule has 0 saturated heterocycles. The van der Waals surface area contributed by atoms with Gasteiger partial charge < -0.3 is 5.73 Å². The third-order valence-corrected chi connectivity index (χ3v) is 4.27. The highest BCUT2D eigenvalue weighted by Crippen LogP contribution is 2.27. The van der Waals surface area contributed by atoms with Gasteiger partial charge in [-0.3, -0.25) is 4.72 Å². The van der Waals surface area contributed by atoms with E-state index >= 15 is 0 Å². The third kappa shape index (κ3) is 3.02. The summed E-state index contributed by atoms with van der Waals surface area (Å²) in [5.41, 5.74) is 5.27. The van der Waals surface area contributed by atoms with E-state index in [-0.39, 0.29) is 16.4 Å². The van der Waals surface area contributed by atoms with E-state index in [9.17, 15) is 12.8 Å². The Hall–Kier alpha value is -1.67. The van der Waals surface area contributed by atoms with Crippen LogP contribution in [0.3, 0.4) is 0 Å². The molecule has 1 aromatic carbocycles. The molecular weight excluding hydrogens is 337 g/mol. The molecule has 0 aliphatic heterocycles. The number of anilines is 2. The number of hydrogen-bond acceptors (Lipinski definition) is 4. The average molecular weight is 346 g/mol. The van der Waals surface area contributed by atoms with Crippen molar-refractivity contribution in [2.45, 2.75) is 4.90 Å². The lowest BCUT2D eigenvalue weighted by Gasteiger charge is -2.10. The lowest BCUT2D eigenvalue weighted by Crippen LogP contribution is -2.14. The van der Waals surface area contributed by atoms with Gasteiger partial charge in [0, 0.05) is 16.7 Å². The molecule has 0 fully saturated rings. The van der Waals surface area contributed by atoms with E-state index in [1.807, 2.05) is 0 Å². The molecule has 0 saturated carbocycles. The topological polar surface area (TPSA) is 85.1 Å². The van der Waals surface area contributed by atoms with Crippen molar-refractivity contribution in [3.8, 4) is 0 Å². The van der Waals surface area contributed by atoms with E-state index in [0.717, 1.165) is 6.07 Å². The van der Waals surface area contributed by atoms with Crippen molar-refractivity contribution in [3.05, 3.63) is 46.8 Å². The zero-order valence-corrected chi connectivity index (χ0v) is 11.9. The second kappa shape index (κ2) is 5.14. The van der Waals surface area contributed by atoms with Crippen molar-refractivity contribution in [1.82, 2.24) is 4.98 Å². The highest BCUT2D eigenvalue weighted by atomic mass is 79.9. The quantitative estimate of drug-likeness (QED) is 0.894. The van der Waals surface area contributed by atoms with E-state index in [4.69, 9.17) is 5.73 Å². The maximum Gasteiger partial charge on any atom is 0.262 e. The second-order valence-corrected chi connectivity index (χ2v) is 6.16. The van der Waals surface area contributed by atoms with Crippen LogP contribution >= 0.6 is 15.9 Å². The molecule has 0 aliphatic carbocycles. The monoisotopic (exact) mass is 345 g/mol. The summed E-state index contributed by atoms with van der Waals surface area (Å²) in [6.45, 7) is 0. The van der Waals surface area contributed by atoms with E-state index in [2.05, 4.69) is 25.6 Å². The molecule has 5 nitrogen and oxygen atoms in total. The number of nitrogens with zero attached hydrogens (tertiary/aromatic N) is 1. The summed E-state index contributed by atoms with van der Waals surface area (Å²) in [4.78, 5) is 3.61. The van der Waals surface area contributed by atoms with Gasteiger partial charge in [0.05, 0.1) is 10.6 Å². The smallest absolute Gasteiger partial charge is 0.262 e. The lowest BCUT2D eigenvalue weighted by molar-refractivity contribution is 0.598. The second-order valence-electron chi connectivity index (χ2n) is 3.62. The summed E-state index contributed by atoms with van der Waals surface area (Å²) >= 11 is 3.08. The van der Waals surface area contributed by atoms with Crippen LogP contribution in [0.15, 0.2) is 45.9 Å². The minimum absolute atomic E-state index is 0.0653. The van der Waals surface area contributed by atoms with Gasteiger partial charge in [0.15, 0.2) is 0 Å². The predicted octanol–water partition coefficient (Wildman–Crippen LogP) is 2.37. The number of nitrogen functional groups attached to an aromatic ring is 1. The number of rotatable bonds is 3. The van der Waals surface area contributed by atoms with Crippen molar-refractivity contribution in [2.75, 3.05) is 10.5 Å². The number of pyridine rings is 1. The molecule has 0 amide bonds. The highest BCUT2D eigenvalue weighted by Gasteiger charge is 2.18. The standard InChI is InChI=1S/C11H9BrFN3O2S/c12-8-2-1-3-9(13)11(8)16-19(17,18)7-4-5-15-10(14)6-7/h1-6,16H,(H2,14,15). The Morgan fingerprint density at radius 2 is 2.05 bits per heavy atom. The van der Waals surface area contributed by atoms with Crippen molar-refractivity contribution in [3.63, 3.8) is 0 Å².